The molecule has 1 aliphatic rings. The van der Waals surface area contributed by atoms with Crippen LogP contribution in [0.5, 0.6) is 0 Å². The van der Waals surface area contributed by atoms with Gasteiger partial charge in [-0.2, -0.15) is 0 Å². The van der Waals surface area contributed by atoms with E-state index in [1.54, 1.807) is 0 Å². The molecule has 3 nitrogen and oxygen atoms in total. The summed E-state index contributed by atoms with van der Waals surface area (Å²) in [5.74, 6) is 0. The normalized spacial score (nSPS) is 24.6. The van der Waals surface area contributed by atoms with Crippen molar-refractivity contribution in [3.63, 3.8) is 0 Å². The van der Waals surface area contributed by atoms with Gasteiger partial charge >= 0.3 is 0 Å². The molecule has 1 aromatic rings. The summed E-state index contributed by atoms with van der Waals surface area (Å²) in [4.78, 5) is 2.63. The first-order valence-electron chi connectivity index (χ1n) is 9.02. The van der Waals surface area contributed by atoms with E-state index in [0.29, 0.717) is 18.2 Å². The Kier molecular flexibility index (Phi) is 6.63. The van der Waals surface area contributed by atoms with E-state index in [1.807, 2.05) is 0 Å². The molecule has 1 heterocycles. The van der Waals surface area contributed by atoms with Gasteiger partial charge in [-0.1, -0.05) is 30.3 Å². The average Bonchev–Trinajstić information content (AvgIpc) is 2.46. The molecular weight excluding hydrogens is 284 g/mol. The molecule has 0 aromatic heterocycles. The third-order valence-electron chi connectivity index (χ3n) is 4.44. The van der Waals surface area contributed by atoms with Crippen LogP contribution in [0, 0.1) is 0 Å². The van der Waals surface area contributed by atoms with Crippen molar-refractivity contribution in [2.24, 2.45) is 0 Å². The molecule has 1 unspecified atom stereocenters. The minimum Gasteiger partial charge on any atom is -0.373 e. The molecule has 0 saturated carbocycles. The van der Waals surface area contributed by atoms with Gasteiger partial charge in [-0.25, -0.2) is 0 Å². The minimum atomic E-state index is 0.161. The Morgan fingerprint density at radius 3 is 2.30 bits per heavy atom. The van der Waals surface area contributed by atoms with E-state index < -0.39 is 0 Å². The zero-order valence-corrected chi connectivity index (χ0v) is 15.5. The van der Waals surface area contributed by atoms with E-state index in [-0.39, 0.29) is 5.54 Å². The molecule has 0 aliphatic carbocycles. The van der Waals surface area contributed by atoms with Crippen molar-refractivity contribution in [2.45, 2.75) is 71.2 Å². The van der Waals surface area contributed by atoms with E-state index in [9.17, 15) is 0 Å². The molecule has 0 radical (unpaired) electrons. The highest BCUT2D eigenvalue weighted by atomic mass is 16.5. The van der Waals surface area contributed by atoms with Crippen LogP contribution in [0.2, 0.25) is 0 Å². The van der Waals surface area contributed by atoms with Crippen LogP contribution >= 0.6 is 0 Å². The fourth-order valence-corrected chi connectivity index (χ4v) is 3.33. The molecule has 130 valence electrons. The smallest absolute Gasteiger partial charge is 0.0678 e. The van der Waals surface area contributed by atoms with Gasteiger partial charge in [0.15, 0.2) is 0 Å². The quantitative estimate of drug-likeness (QED) is 0.869. The summed E-state index contributed by atoms with van der Waals surface area (Å²) in [5.41, 5.74) is 1.59. The lowest BCUT2D eigenvalue weighted by atomic mass is 10.0. The maximum absolute atomic E-state index is 5.91. The van der Waals surface area contributed by atoms with Crippen molar-refractivity contribution in [2.75, 3.05) is 19.6 Å². The number of rotatable bonds is 6. The number of ether oxygens (including phenoxy) is 1. The predicted molar refractivity (Wildman–Crippen MR) is 97.9 cm³/mol. The van der Waals surface area contributed by atoms with Crippen molar-refractivity contribution in [1.82, 2.24) is 10.2 Å². The Morgan fingerprint density at radius 1 is 1.13 bits per heavy atom. The Balaban J connectivity index is 1.98. The first-order chi connectivity index (χ1) is 10.8. The molecule has 1 saturated heterocycles. The molecule has 2 rings (SSSR count). The molecule has 3 atom stereocenters. The second-order valence-electron chi connectivity index (χ2n) is 8.02. The van der Waals surface area contributed by atoms with Gasteiger partial charge in [0.1, 0.15) is 0 Å². The van der Waals surface area contributed by atoms with E-state index in [0.717, 1.165) is 26.1 Å². The Labute approximate surface area is 142 Å². The lowest BCUT2D eigenvalue weighted by molar-refractivity contribution is -0.0812. The highest BCUT2D eigenvalue weighted by Gasteiger charge is 2.28. The summed E-state index contributed by atoms with van der Waals surface area (Å²) < 4.78 is 5.91. The highest BCUT2D eigenvalue weighted by molar-refractivity contribution is 5.14. The van der Waals surface area contributed by atoms with Crippen LogP contribution in [-0.4, -0.2) is 48.3 Å². The number of nitrogens with zero attached hydrogens (tertiary/aromatic N) is 1. The van der Waals surface area contributed by atoms with Crippen molar-refractivity contribution in [1.29, 1.82) is 0 Å². The van der Waals surface area contributed by atoms with Crippen LogP contribution in [0.4, 0.5) is 0 Å². The van der Waals surface area contributed by atoms with Gasteiger partial charge in [0.05, 0.1) is 12.2 Å². The van der Waals surface area contributed by atoms with Crippen molar-refractivity contribution < 1.29 is 4.74 Å². The molecule has 3 heteroatoms. The van der Waals surface area contributed by atoms with E-state index in [1.165, 1.54) is 12.0 Å². The summed E-state index contributed by atoms with van der Waals surface area (Å²) in [5, 5.41) is 3.70. The Hall–Kier alpha value is -0.900. The zero-order chi connectivity index (χ0) is 16.9. The highest BCUT2D eigenvalue weighted by Crippen LogP contribution is 2.18. The number of nitrogens with one attached hydrogen (secondary N) is 1. The lowest BCUT2D eigenvalue weighted by Crippen LogP contribution is -2.54. The standard InChI is InChI=1S/C20H34N2O/c1-16-14-22(15-17(2)23-16)19(13-21-20(3,4)5)12-11-18-9-7-6-8-10-18/h6-10,16-17,19,21H,11-15H2,1-5H3/t16-,17+,19?. The molecule has 0 bridgehead atoms. The van der Waals surface area contributed by atoms with Crippen LogP contribution in [-0.2, 0) is 11.2 Å². The van der Waals surface area contributed by atoms with Crippen LogP contribution in [0.1, 0.15) is 46.6 Å². The third-order valence-corrected chi connectivity index (χ3v) is 4.44. The number of benzene rings is 1. The first kappa shape index (κ1) is 18.4. The van der Waals surface area contributed by atoms with E-state index in [2.05, 4.69) is 75.2 Å². The molecule has 0 amide bonds. The summed E-state index contributed by atoms with van der Waals surface area (Å²) in [7, 11) is 0. The largest absolute Gasteiger partial charge is 0.373 e. The summed E-state index contributed by atoms with van der Waals surface area (Å²) in [6, 6.07) is 11.4. The first-order valence-corrected chi connectivity index (χ1v) is 9.02. The number of hydrogen-bond acceptors (Lipinski definition) is 3. The summed E-state index contributed by atoms with van der Waals surface area (Å²) in [6.45, 7) is 14.2. The molecule has 1 N–H and O–H groups in total. The van der Waals surface area contributed by atoms with Gasteiger partial charge in [0.25, 0.3) is 0 Å². The monoisotopic (exact) mass is 318 g/mol. The molecule has 0 spiro atoms. The van der Waals surface area contributed by atoms with Crippen molar-refractivity contribution in [3.05, 3.63) is 35.9 Å². The van der Waals surface area contributed by atoms with Gasteiger partial charge < -0.3 is 10.1 Å². The zero-order valence-electron chi connectivity index (χ0n) is 15.5. The Bertz CT molecular complexity index is 444. The fourth-order valence-electron chi connectivity index (χ4n) is 3.33. The summed E-state index contributed by atoms with van der Waals surface area (Å²) >= 11 is 0. The molecular formula is C20H34N2O. The molecule has 1 aromatic carbocycles. The molecule has 1 aliphatic heterocycles. The van der Waals surface area contributed by atoms with Crippen molar-refractivity contribution >= 4 is 0 Å². The second kappa shape index (κ2) is 8.27. The number of morpholine rings is 1. The van der Waals surface area contributed by atoms with Gasteiger partial charge in [0, 0.05) is 31.2 Å². The number of hydrogen-bond donors (Lipinski definition) is 1. The summed E-state index contributed by atoms with van der Waals surface area (Å²) in [6.07, 6.45) is 2.98. The number of aryl methyl sites for hydroxylation is 1. The second-order valence-corrected chi connectivity index (χ2v) is 8.02. The Morgan fingerprint density at radius 2 is 1.74 bits per heavy atom. The average molecular weight is 319 g/mol. The van der Waals surface area contributed by atoms with Gasteiger partial charge in [-0.15, -0.1) is 0 Å². The van der Waals surface area contributed by atoms with Crippen LogP contribution in [0.25, 0.3) is 0 Å². The maximum Gasteiger partial charge on any atom is 0.0678 e. The van der Waals surface area contributed by atoms with E-state index in [4.69, 9.17) is 4.74 Å². The van der Waals surface area contributed by atoms with Crippen LogP contribution in [0.3, 0.4) is 0 Å². The van der Waals surface area contributed by atoms with E-state index >= 15 is 0 Å². The van der Waals surface area contributed by atoms with Crippen LogP contribution < -0.4 is 5.32 Å². The predicted octanol–water partition coefficient (Wildman–Crippen LogP) is 3.49. The minimum absolute atomic E-state index is 0.161. The topological polar surface area (TPSA) is 24.5 Å². The van der Waals surface area contributed by atoms with Gasteiger partial charge in [0.2, 0.25) is 0 Å². The third kappa shape index (κ3) is 6.62. The lowest BCUT2D eigenvalue weighted by Gasteiger charge is -2.41. The van der Waals surface area contributed by atoms with Gasteiger partial charge in [-0.05, 0) is 53.0 Å². The molecule has 1 fully saturated rings. The van der Waals surface area contributed by atoms with Crippen LogP contribution in [0.15, 0.2) is 30.3 Å². The maximum atomic E-state index is 5.91. The van der Waals surface area contributed by atoms with Crippen molar-refractivity contribution in [3.8, 4) is 0 Å². The van der Waals surface area contributed by atoms with Gasteiger partial charge in [-0.3, -0.25) is 4.90 Å². The fraction of sp³-hybridized carbons (Fsp3) is 0.700. The SMILES string of the molecule is C[C@@H]1CN(C(CCc2ccccc2)CNC(C)(C)C)C[C@H](C)O1. The molecule has 23 heavy (non-hydrogen) atoms.